The first-order valence-electron chi connectivity index (χ1n) is 8.59. The van der Waals surface area contributed by atoms with Gasteiger partial charge in [0.15, 0.2) is 0 Å². The van der Waals surface area contributed by atoms with Gasteiger partial charge in [0.2, 0.25) is 0 Å². The van der Waals surface area contributed by atoms with Crippen LogP contribution in [0.25, 0.3) is 0 Å². The second-order valence-electron chi connectivity index (χ2n) is 5.66. The van der Waals surface area contributed by atoms with E-state index in [1.165, 1.54) is 19.3 Å². The fourth-order valence-corrected chi connectivity index (χ4v) is 1.62. The summed E-state index contributed by atoms with van der Waals surface area (Å²) in [6.45, 7) is 11.6. The number of unbranched alkanes of at least 4 members (excludes halogenated alkanes) is 6. The van der Waals surface area contributed by atoms with Gasteiger partial charge in [-0.2, -0.15) is 0 Å². The molecule has 0 saturated carbocycles. The number of hydrogen-bond acceptors (Lipinski definition) is 3. The topological polar surface area (TPSA) is 63.6 Å². The smallest absolute Gasteiger partial charge is 0.333 e. The van der Waals surface area contributed by atoms with E-state index in [0.29, 0.717) is 17.8 Å². The average Bonchev–Trinajstić information content (AvgIpc) is 2.51. The molecular weight excluding hydrogens is 292 g/mol. The number of hydrogen-bond donors (Lipinski definition) is 1. The fraction of sp³-hybridized carbons (Fsp3) is 0.684. The number of rotatable bonds is 11. The lowest BCUT2D eigenvalue weighted by atomic mass is 10.1. The van der Waals surface area contributed by atoms with Gasteiger partial charge in [-0.15, -0.1) is 0 Å². The number of allylic oxidation sites excluding steroid dienone is 1. The van der Waals surface area contributed by atoms with Gasteiger partial charge in [0.05, 0.1) is 6.61 Å². The van der Waals surface area contributed by atoms with Crippen molar-refractivity contribution < 1.29 is 19.4 Å². The molecule has 0 aliphatic heterocycles. The molecule has 0 heterocycles. The SMILES string of the molecule is C=C(C)C(=O)OCCCCC.CCCCCCC=C(C)C(=O)O. The van der Waals surface area contributed by atoms with Crippen LogP contribution in [0, 0.1) is 0 Å². The summed E-state index contributed by atoms with van der Waals surface area (Å²) in [5, 5.41) is 8.52. The van der Waals surface area contributed by atoms with E-state index < -0.39 is 5.97 Å². The number of carboxylic acids is 1. The lowest BCUT2D eigenvalue weighted by Gasteiger charge is -2.02. The minimum atomic E-state index is -0.800. The summed E-state index contributed by atoms with van der Waals surface area (Å²) in [4.78, 5) is 21.1. The molecule has 0 aliphatic carbocycles. The molecule has 4 nitrogen and oxygen atoms in total. The Kier molecular flexibility index (Phi) is 17.3. The van der Waals surface area contributed by atoms with Crippen molar-refractivity contribution in [2.75, 3.05) is 6.61 Å². The third kappa shape index (κ3) is 18.4. The van der Waals surface area contributed by atoms with Crippen molar-refractivity contribution in [3.63, 3.8) is 0 Å². The van der Waals surface area contributed by atoms with Crippen molar-refractivity contribution in [3.05, 3.63) is 23.8 Å². The van der Waals surface area contributed by atoms with Crippen molar-refractivity contribution in [1.82, 2.24) is 0 Å². The van der Waals surface area contributed by atoms with Crippen LogP contribution in [0.2, 0.25) is 0 Å². The van der Waals surface area contributed by atoms with E-state index in [9.17, 15) is 9.59 Å². The van der Waals surface area contributed by atoms with Gasteiger partial charge in [0.25, 0.3) is 0 Å². The Bertz CT molecular complexity index is 370. The summed E-state index contributed by atoms with van der Waals surface area (Å²) in [6.07, 6.45) is 10.7. The van der Waals surface area contributed by atoms with Gasteiger partial charge >= 0.3 is 11.9 Å². The lowest BCUT2D eigenvalue weighted by Crippen LogP contribution is -2.05. The summed E-state index contributed by atoms with van der Waals surface area (Å²) < 4.78 is 4.87. The molecular formula is C19H34O4. The van der Waals surface area contributed by atoms with Crippen molar-refractivity contribution >= 4 is 11.9 Å². The molecule has 0 aromatic carbocycles. The lowest BCUT2D eigenvalue weighted by molar-refractivity contribution is -0.139. The normalized spacial score (nSPS) is 10.5. The van der Waals surface area contributed by atoms with Gasteiger partial charge in [-0.1, -0.05) is 58.6 Å². The molecule has 0 rings (SSSR count). The summed E-state index contributed by atoms with van der Waals surface area (Å²) in [6, 6.07) is 0. The zero-order chi connectivity index (χ0) is 18.1. The standard InChI is InChI=1S/C10H18O2.C9H16O2/c1-3-4-5-6-7-8-9(2)10(11)12;1-4-5-6-7-11-9(10)8(2)3/h8H,3-7H2,1-2H3,(H,11,12);2,4-7H2,1,3H3. The van der Waals surface area contributed by atoms with Crippen LogP contribution in [0.5, 0.6) is 0 Å². The van der Waals surface area contributed by atoms with Crippen molar-refractivity contribution in [2.45, 2.75) is 79.1 Å². The molecule has 23 heavy (non-hydrogen) atoms. The molecule has 134 valence electrons. The molecule has 4 heteroatoms. The van der Waals surface area contributed by atoms with Gasteiger partial charge in [0, 0.05) is 11.1 Å². The monoisotopic (exact) mass is 326 g/mol. The Labute approximate surface area is 141 Å². The maximum absolute atomic E-state index is 10.8. The maximum Gasteiger partial charge on any atom is 0.333 e. The Morgan fingerprint density at radius 1 is 1.00 bits per heavy atom. The van der Waals surface area contributed by atoms with Crippen LogP contribution in [0.1, 0.15) is 79.1 Å². The van der Waals surface area contributed by atoms with Crippen LogP contribution in [0.4, 0.5) is 0 Å². The molecule has 1 N–H and O–H groups in total. The zero-order valence-corrected chi connectivity index (χ0v) is 15.3. The van der Waals surface area contributed by atoms with Crippen molar-refractivity contribution in [3.8, 4) is 0 Å². The highest BCUT2D eigenvalue weighted by Gasteiger charge is 2.00. The van der Waals surface area contributed by atoms with E-state index in [-0.39, 0.29) is 5.97 Å². The third-order valence-corrected chi connectivity index (χ3v) is 3.18. The molecule has 0 fully saturated rings. The number of carbonyl (C=O) groups excluding carboxylic acids is 1. The molecule has 0 unspecified atom stereocenters. The van der Waals surface area contributed by atoms with Gasteiger partial charge in [-0.25, -0.2) is 9.59 Å². The first kappa shape index (κ1) is 23.7. The van der Waals surface area contributed by atoms with Crippen LogP contribution in [0.3, 0.4) is 0 Å². The molecule has 0 atom stereocenters. The number of aliphatic carboxylic acids is 1. The van der Waals surface area contributed by atoms with E-state index in [4.69, 9.17) is 9.84 Å². The molecule has 0 amide bonds. The van der Waals surface area contributed by atoms with Crippen LogP contribution < -0.4 is 0 Å². The first-order valence-corrected chi connectivity index (χ1v) is 8.59. The van der Waals surface area contributed by atoms with Crippen LogP contribution in [0.15, 0.2) is 23.8 Å². The highest BCUT2D eigenvalue weighted by molar-refractivity contribution is 5.86. The summed E-state index contributed by atoms with van der Waals surface area (Å²) in [7, 11) is 0. The highest BCUT2D eigenvalue weighted by Crippen LogP contribution is 2.05. The van der Waals surface area contributed by atoms with Gasteiger partial charge in [-0.3, -0.25) is 0 Å². The number of carbonyl (C=O) groups is 2. The molecule has 0 radical (unpaired) electrons. The molecule has 0 aromatic heterocycles. The van der Waals surface area contributed by atoms with E-state index in [2.05, 4.69) is 20.4 Å². The quantitative estimate of drug-likeness (QED) is 0.318. The van der Waals surface area contributed by atoms with E-state index in [1.807, 2.05) is 0 Å². The van der Waals surface area contributed by atoms with Crippen LogP contribution >= 0.6 is 0 Å². The zero-order valence-electron chi connectivity index (χ0n) is 15.3. The second-order valence-corrected chi connectivity index (χ2v) is 5.66. The van der Waals surface area contributed by atoms with E-state index in [1.54, 1.807) is 19.9 Å². The average molecular weight is 326 g/mol. The molecule has 0 saturated heterocycles. The number of esters is 1. The number of ether oxygens (including phenoxy) is 1. The predicted octanol–water partition coefficient (Wildman–Crippen LogP) is 5.28. The molecule has 0 spiro atoms. The molecule has 0 aromatic rings. The van der Waals surface area contributed by atoms with E-state index >= 15 is 0 Å². The van der Waals surface area contributed by atoms with Gasteiger partial charge in [0.1, 0.15) is 0 Å². The largest absolute Gasteiger partial charge is 0.478 e. The Hall–Kier alpha value is -1.58. The Morgan fingerprint density at radius 2 is 1.57 bits per heavy atom. The van der Waals surface area contributed by atoms with Crippen molar-refractivity contribution in [2.24, 2.45) is 0 Å². The summed E-state index contributed by atoms with van der Waals surface area (Å²) in [5.41, 5.74) is 0.938. The maximum atomic E-state index is 10.8. The highest BCUT2D eigenvalue weighted by atomic mass is 16.5. The predicted molar refractivity (Wildman–Crippen MR) is 95.4 cm³/mol. The summed E-state index contributed by atoms with van der Waals surface area (Å²) in [5.74, 6) is -1.08. The number of carboxylic acid groups (broad SMARTS) is 1. The first-order chi connectivity index (χ1) is 10.9. The fourth-order valence-electron chi connectivity index (χ4n) is 1.62. The summed E-state index contributed by atoms with van der Waals surface area (Å²) >= 11 is 0. The minimum Gasteiger partial charge on any atom is -0.478 e. The van der Waals surface area contributed by atoms with Gasteiger partial charge < -0.3 is 9.84 Å². The third-order valence-electron chi connectivity index (χ3n) is 3.18. The van der Waals surface area contributed by atoms with E-state index in [0.717, 1.165) is 32.1 Å². The Balaban J connectivity index is 0. The van der Waals surface area contributed by atoms with Crippen molar-refractivity contribution in [1.29, 1.82) is 0 Å². The minimum absolute atomic E-state index is 0.277. The Morgan fingerprint density at radius 3 is 2.04 bits per heavy atom. The second kappa shape index (κ2) is 16.8. The van der Waals surface area contributed by atoms with Crippen LogP contribution in [-0.2, 0) is 14.3 Å². The molecule has 0 bridgehead atoms. The van der Waals surface area contributed by atoms with Crippen LogP contribution in [-0.4, -0.2) is 23.7 Å². The molecule has 0 aliphatic rings. The van der Waals surface area contributed by atoms with Gasteiger partial charge in [-0.05, 0) is 33.1 Å².